The van der Waals surface area contributed by atoms with E-state index in [1.54, 1.807) is 0 Å². The van der Waals surface area contributed by atoms with Gasteiger partial charge in [-0.1, -0.05) is 133 Å². The van der Waals surface area contributed by atoms with Crippen LogP contribution in [0.3, 0.4) is 0 Å². The van der Waals surface area contributed by atoms with Crippen LogP contribution in [0.4, 0.5) is 11.4 Å². The molecule has 0 atom stereocenters. The van der Waals surface area contributed by atoms with Crippen LogP contribution in [-0.4, -0.2) is 11.4 Å². The summed E-state index contributed by atoms with van der Waals surface area (Å²) in [7, 11) is 0. The summed E-state index contributed by atoms with van der Waals surface area (Å²) in [5.74, 6) is 0.884. The summed E-state index contributed by atoms with van der Waals surface area (Å²) < 4.78 is 9.29. The molecule has 4 heterocycles. The van der Waals surface area contributed by atoms with Gasteiger partial charge in [-0.2, -0.15) is 0 Å². The quantitative estimate of drug-likeness (QED) is 0.174. The zero-order valence-corrected chi connectivity index (χ0v) is 27.9. The standard InChI is InChI=1S/C47H29BN2O/c1-28-19-22-32(23-20-28)50-39-18-10-9-17-36(39)43-34-15-7-8-16-35(34)44-37-24-21-29-11-5-6-14-33(29)46(37)49-40-27-42-31(25-38(40)48(50)45(43)47(44)49)26-41(51-42)30-12-3-2-4-13-30/h2-27H,1H3. The largest absolute Gasteiger partial charge is 0.456 e. The normalized spacial score (nSPS) is 13.1. The molecule has 0 spiro atoms. The Bertz CT molecular complexity index is 3100. The van der Waals surface area contributed by atoms with E-state index in [0.717, 1.165) is 22.3 Å². The van der Waals surface area contributed by atoms with E-state index in [0.29, 0.717) is 0 Å². The van der Waals surface area contributed by atoms with E-state index in [1.807, 2.05) is 0 Å². The maximum Gasteiger partial charge on any atom is 0.333 e. The van der Waals surface area contributed by atoms with Crippen LogP contribution in [0.2, 0.25) is 0 Å². The zero-order chi connectivity index (χ0) is 33.4. The van der Waals surface area contributed by atoms with Gasteiger partial charge in [-0.25, -0.2) is 0 Å². The van der Waals surface area contributed by atoms with Crippen molar-refractivity contribution >= 4 is 83.5 Å². The molecule has 12 rings (SSSR count). The molecule has 10 aromatic rings. The molecule has 0 N–H and O–H groups in total. The molecule has 2 aliphatic rings. The number of hydrogen-bond donors (Lipinski definition) is 0. The number of para-hydroxylation sites is 1. The second-order valence-electron chi connectivity index (χ2n) is 14.1. The van der Waals surface area contributed by atoms with Crippen molar-refractivity contribution < 1.29 is 4.42 Å². The summed E-state index contributed by atoms with van der Waals surface area (Å²) in [6.07, 6.45) is 0. The monoisotopic (exact) mass is 648 g/mol. The van der Waals surface area contributed by atoms with Crippen molar-refractivity contribution in [3.8, 4) is 28.1 Å². The highest BCUT2D eigenvalue weighted by atomic mass is 16.3. The summed E-state index contributed by atoms with van der Waals surface area (Å²) in [6, 6.07) is 58.0. The van der Waals surface area contributed by atoms with Gasteiger partial charge in [0.15, 0.2) is 0 Å². The summed E-state index contributed by atoms with van der Waals surface area (Å²) in [5, 5.41) is 8.78. The maximum absolute atomic E-state index is 6.71. The second-order valence-corrected chi connectivity index (χ2v) is 14.1. The predicted molar refractivity (Wildman–Crippen MR) is 215 cm³/mol. The first-order valence-electron chi connectivity index (χ1n) is 17.7. The van der Waals surface area contributed by atoms with E-state index in [4.69, 9.17) is 4.42 Å². The lowest BCUT2D eigenvalue weighted by Crippen LogP contribution is -2.60. The highest BCUT2D eigenvalue weighted by Gasteiger charge is 2.45. The summed E-state index contributed by atoms with van der Waals surface area (Å²) in [5.41, 5.74) is 14.6. The fourth-order valence-electron chi connectivity index (χ4n) is 9.26. The Morgan fingerprint density at radius 1 is 0.549 bits per heavy atom. The zero-order valence-electron chi connectivity index (χ0n) is 27.9. The van der Waals surface area contributed by atoms with Crippen LogP contribution in [0, 0.1) is 6.92 Å². The van der Waals surface area contributed by atoms with Crippen LogP contribution >= 0.6 is 0 Å². The Kier molecular flexibility index (Phi) is 5.25. The van der Waals surface area contributed by atoms with E-state index in [-0.39, 0.29) is 6.85 Å². The third-order valence-electron chi connectivity index (χ3n) is 11.4. The average molecular weight is 649 g/mol. The summed E-state index contributed by atoms with van der Waals surface area (Å²) in [6.45, 7) is 2.10. The number of nitrogens with zero attached hydrogens (tertiary/aromatic N) is 2. The molecule has 4 heteroatoms. The lowest BCUT2D eigenvalue weighted by Gasteiger charge is -2.42. The van der Waals surface area contributed by atoms with Crippen LogP contribution in [-0.2, 0) is 0 Å². The molecule has 0 saturated heterocycles. The molecule has 3 nitrogen and oxygen atoms in total. The van der Waals surface area contributed by atoms with Crippen molar-refractivity contribution in [2.75, 3.05) is 4.81 Å². The van der Waals surface area contributed by atoms with Gasteiger partial charge in [0.1, 0.15) is 11.3 Å². The number of aryl methyl sites for hydroxylation is 1. The van der Waals surface area contributed by atoms with E-state index in [1.165, 1.54) is 88.0 Å². The molecule has 0 amide bonds. The molecule has 2 aromatic heterocycles. The second kappa shape index (κ2) is 9.80. The Hall–Kier alpha value is -6.52. The molecule has 0 aliphatic carbocycles. The SMILES string of the molecule is Cc1ccc(N2B3c4cc5cc(-c6ccccc6)oc5cc4-n4c5c3c(c3ccccc3c5c3ccc5ccccc5c34)-c3ccccc32)cc1. The van der Waals surface area contributed by atoms with Crippen molar-refractivity contribution in [2.24, 2.45) is 0 Å². The van der Waals surface area contributed by atoms with Crippen LogP contribution < -0.4 is 15.7 Å². The molecule has 0 bridgehead atoms. The van der Waals surface area contributed by atoms with Gasteiger partial charge in [-0.05, 0) is 63.8 Å². The molecule has 0 fully saturated rings. The van der Waals surface area contributed by atoms with Gasteiger partial charge in [-0.3, -0.25) is 0 Å². The van der Waals surface area contributed by atoms with E-state index in [9.17, 15) is 0 Å². The third-order valence-corrected chi connectivity index (χ3v) is 11.4. The third kappa shape index (κ3) is 3.54. The topological polar surface area (TPSA) is 21.3 Å². The first-order valence-corrected chi connectivity index (χ1v) is 17.7. The van der Waals surface area contributed by atoms with Gasteiger partial charge in [0.25, 0.3) is 0 Å². The van der Waals surface area contributed by atoms with Gasteiger partial charge < -0.3 is 13.8 Å². The number of aromatic nitrogens is 1. The smallest absolute Gasteiger partial charge is 0.333 e. The number of rotatable bonds is 2. The first kappa shape index (κ1) is 27.3. The summed E-state index contributed by atoms with van der Waals surface area (Å²) >= 11 is 0. The minimum atomic E-state index is -0.0673. The number of benzene rings is 8. The van der Waals surface area contributed by atoms with E-state index in [2.05, 4.69) is 174 Å². The van der Waals surface area contributed by atoms with Gasteiger partial charge in [0.05, 0.1) is 11.0 Å². The van der Waals surface area contributed by atoms with Crippen LogP contribution in [0.15, 0.2) is 162 Å². The average Bonchev–Trinajstić information content (AvgIpc) is 3.77. The number of fused-ring (bicyclic) bond motifs is 14. The predicted octanol–water partition coefficient (Wildman–Crippen LogP) is 11.0. The van der Waals surface area contributed by atoms with Crippen molar-refractivity contribution in [3.63, 3.8) is 0 Å². The van der Waals surface area contributed by atoms with Crippen molar-refractivity contribution in [1.82, 2.24) is 4.57 Å². The number of hydrogen-bond acceptors (Lipinski definition) is 2. The van der Waals surface area contributed by atoms with Crippen LogP contribution in [0.25, 0.3) is 82.5 Å². The Labute approximate surface area is 294 Å². The molecule has 8 aromatic carbocycles. The minimum absolute atomic E-state index is 0.0673. The van der Waals surface area contributed by atoms with Gasteiger partial charge in [0.2, 0.25) is 0 Å². The van der Waals surface area contributed by atoms with Crippen LogP contribution in [0.5, 0.6) is 0 Å². The van der Waals surface area contributed by atoms with Gasteiger partial charge in [0, 0.05) is 55.8 Å². The fraction of sp³-hybridized carbons (Fsp3) is 0.0213. The van der Waals surface area contributed by atoms with E-state index >= 15 is 0 Å². The van der Waals surface area contributed by atoms with Crippen molar-refractivity contribution in [3.05, 3.63) is 163 Å². The molecule has 0 radical (unpaired) electrons. The Morgan fingerprint density at radius 3 is 2.16 bits per heavy atom. The Morgan fingerprint density at radius 2 is 1.29 bits per heavy atom. The lowest BCUT2D eigenvalue weighted by atomic mass is 9.43. The molecular weight excluding hydrogens is 619 g/mol. The minimum Gasteiger partial charge on any atom is -0.456 e. The lowest BCUT2D eigenvalue weighted by molar-refractivity contribution is 0.631. The number of furan rings is 1. The van der Waals surface area contributed by atoms with E-state index < -0.39 is 0 Å². The fourth-order valence-corrected chi connectivity index (χ4v) is 9.26. The molecule has 51 heavy (non-hydrogen) atoms. The first-order chi connectivity index (χ1) is 25.2. The van der Waals surface area contributed by atoms with Crippen LogP contribution in [0.1, 0.15) is 5.56 Å². The maximum atomic E-state index is 6.71. The van der Waals surface area contributed by atoms with Crippen molar-refractivity contribution in [1.29, 1.82) is 0 Å². The molecule has 0 unspecified atom stereocenters. The molecule has 2 aliphatic heterocycles. The highest BCUT2D eigenvalue weighted by Crippen LogP contribution is 2.49. The summed E-state index contributed by atoms with van der Waals surface area (Å²) in [4.78, 5) is 2.59. The Balaban J connectivity index is 1.33. The van der Waals surface area contributed by atoms with Crippen molar-refractivity contribution in [2.45, 2.75) is 6.92 Å². The highest BCUT2D eigenvalue weighted by molar-refractivity contribution is 6.94. The molecule has 236 valence electrons. The molecular formula is C47H29BN2O. The number of anilines is 2. The van der Waals surface area contributed by atoms with Gasteiger partial charge >= 0.3 is 6.85 Å². The van der Waals surface area contributed by atoms with Gasteiger partial charge in [-0.15, -0.1) is 0 Å². The molecule has 0 saturated carbocycles.